The van der Waals surface area contributed by atoms with Crippen LogP contribution >= 0.6 is 11.3 Å². The zero-order valence-electron chi connectivity index (χ0n) is 16.2. The maximum atomic E-state index is 13.0. The van der Waals surface area contributed by atoms with E-state index in [1.807, 2.05) is 0 Å². The summed E-state index contributed by atoms with van der Waals surface area (Å²) in [4.78, 5) is 26.4. The summed E-state index contributed by atoms with van der Waals surface area (Å²) in [7, 11) is 0. The van der Waals surface area contributed by atoms with Gasteiger partial charge in [0.15, 0.2) is 6.10 Å². The zero-order chi connectivity index (χ0) is 20.3. The third-order valence-electron chi connectivity index (χ3n) is 4.45. The topological polar surface area (TPSA) is 64.6 Å². The van der Waals surface area contributed by atoms with Crippen LogP contribution in [0.5, 0.6) is 5.75 Å². The molecule has 28 heavy (non-hydrogen) atoms. The summed E-state index contributed by atoms with van der Waals surface area (Å²) < 4.78 is 24.0. The predicted molar refractivity (Wildman–Crippen MR) is 107 cm³/mol. The van der Waals surface area contributed by atoms with Crippen molar-refractivity contribution in [2.45, 2.75) is 58.7 Å². The van der Waals surface area contributed by atoms with Gasteiger partial charge in [-0.25, -0.2) is 9.18 Å². The molecule has 1 amide bonds. The standard InChI is InChI=1S/C21H24FNO4S/c1-12(2)26-21(25)18-16-6-4-5-7-17(16)28-20(18)23-19(24)13(3)27-15-10-8-14(22)9-11-15/h8-13H,4-7H2,1-3H3,(H,23,24)/t13-/m0/s1. The summed E-state index contributed by atoms with van der Waals surface area (Å²) in [6.45, 7) is 5.21. The number of aryl methyl sites for hydroxylation is 1. The molecule has 1 aromatic heterocycles. The molecule has 3 rings (SSSR count). The highest BCUT2D eigenvalue weighted by Gasteiger charge is 2.29. The number of fused-ring (bicyclic) bond motifs is 1. The number of esters is 1. The molecule has 1 aromatic carbocycles. The predicted octanol–water partition coefficient (Wildman–Crippen LogP) is 4.74. The molecule has 1 aliphatic rings. The molecule has 150 valence electrons. The molecule has 1 heterocycles. The summed E-state index contributed by atoms with van der Waals surface area (Å²) in [6, 6.07) is 5.48. The molecule has 1 N–H and O–H groups in total. The SMILES string of the molecule is CC(C)OC(=O)c1c(NC(=O)[C@H](C)Oc2ccc(F)cc2)sc2c1CCCC2. The summed E-state index contributed by atoms with van der Waals surface area (Å²) in [5.41, 5.74) is 1.46. The van der Waals surface area contributed by atoms with Gasteiger partial charge in [-0.2, -0.15) is 0 Å². The van der Waals surface area contributed by atoms with E-state index in [2.05, 4.69) is 5.32 Å². The number of ether oxygens (including phenoxy) is 2. The van der Waals surface area contributed by atoms with Crippen LogP contribution in [0.2, 0.25) is 0 Å². The highest BCUT2D eigenvalue weighted by Crippen LogP contribution is 2.38. The minimum atomic E-state index is -0.807. The number of nitrogens with one attached hydrogen (secondary N) is 1. The number of rotatable bonds is 6. The van der Waals surface area contributed by atoms with E-state index in [0.29, 0.717) is 16.3 Å². The minimum Gasteiger partial charge on any atom is -0.481 e. The number of carbonyl (C=O) groups is 2. The maximum Gasteiger partial charge on any atom is 0.341 e. The molecule has 0 radical (unpaired) electrons. The Hall–Kier alpha value is -2.41. The van der Waals surface area contributed by atoms with Crippen molar-refractivity contribution < 1.29 is 23.5 Å². The van der Waals surface area contributed by atoms with Crippen molar-refractivity contribution in [1.82, 2.24) is 0 Å². The Morgan fingerprint density at radius 2 is 1.79 bits per heavy atom. The van der Waals surface area contributed by atoms with Crippen LogP contribution in [0.3, 0.4) is 0 Å². The molecule has 1 aliphatic carbocycles. The van der Waals surface area contributed by atoms with Gasteiger partial charge in [-0.1, -0.05) is 0 Å². The Morgan fingerprint density at radius 1 is 1.11 bits per heavy atom. The van der Waals surface area contributed by atoms with Gasteiger partial charge in [-0.3, -0.25) is 4.79 Å². The van der Waals surface area contributed by atoms with E-state index in [9.17, 15) is 14.0 Å². The van der Waals surface area contributed by atoms with Gasteiger partial charge in [0, 0.05) is 4.88 Å². The molecular formula is C21H24FNO4S. The Labute approximate surface area is 167 Å². The average molecular weight is 405 g/mol. The van der Waals surface area contributed by atoms with Crippen molar-refractivity contribution in [1.29, 1.82) is 0 Å². The number of hydrogen-bond acceptors (Lipinski definition) is 5. The van der Waals surface area contributed by atoms with Gasteiger partial charge in [-0.05, 0) is 76.3 Å². The van der Waals surface area contributed by atoms with Crippen LogP contribution in [0.4, 0.5) is 9.39 Å². The highest BCUT2D eigenvalue weighted by atomic mass is 32.1. The molecule has 1 atom stereocenters. The average Bonchev–Trinajstić information content (AvgIpc) is 3.00. The van der Waals surface area contributed by atoms with Crippen LogP contribution in [0.15, 0.2) is 24.3 Å². The van der Waals surface area contributed by atoms with E-state index in [1.165, 1.54) is 35.6 Å². The lowest BCUT2D eigenvalue weighted by atomic mass is 9.95. The monoisotopic (exact) mass is 405 g/mol. The fourth-order valence-electron chi connectivity index (χ4n) is 3.13. The first kappa shape index (κ1) is 20.3. The normalized spacial score (nSPS) is 14.3. The lowest BCUT2D eigenvalue weighted by Crippen LogP contribution is -2.30. The fraction of sp³-hybridized carbons (Fsp3) is 0.429. The molecule has 0 spiro atoms. The number of benzene rings is 1. The van der Waals surface area contributed by atoms with Gasteiger partial charge >= 0.3 is 5.97 Å². The third-order valence-corrected chi connectivity index (χ3v) is 5.66. The van der Waals surface area contributed by atoms with Gasteiger partial charge in [0.25, 0.3) is 5.91 Å². The van der Waals surface area contributed by atoms with E-state index in [1.54, 1.807) is 20.8 Å². The van der Waals surface area contributed by atoms with Crippen molar-refractivity contribution in [3.8, 4) is 5.75 Å². The Bertz CT molecular complexity index is 860. The lowest BCUT2D eigenvalue weighted by molar-refractivity contribution is -0.122. The third kappa shape index (κ3) is 4.70. The Kier molecular flexibility index (Phi) is 6.34. The number of hydrogen-bond donors (Lipinski definition) is 1. The van der Waals surface area contributed by atoms with E-state index in [4.69, 9.17) is 9.47 Å². The van der Waals surface area contributed by atoms with Crippen LogP contribution in [0.25, 0.3) is 0 Å². The number of carbonyl (C=O) groups excluding carboxylic acids is 2. The van der Waals surface area contributed by atoms with Crippen LogP contribution in [-0.2, 0) is 22.4 Å². The van der Waals surface area contributed by atoms with Crippen LogP contribution < -0.4 is 10.1 Å². The molecule has 0 unspecified atom stereocenters. The lowest BCUT2D eigenvalue weighted by Gasteiger charge is -2.16. The molecule has 7 heteroatoms. The summed E-state index contributed by atoms with van der Waals surface area (Å²) in [5, 5.41) is 3.34. The largest absolute Gasteiger partial charge is 0.481 e. The van der Waals surface area contributed by atoms with E-state index in [-0.39, 0.29) is 17.8 Å². The van der Waals surface area contributed by atoms with Gasteiger partial charge in [0.1, 0.15) is 16.6 Å². The molecule has 0 saturated carbocycles. The minimum absolute atomic E-state index is 0.240. The van der Waals surface area contributed by atoms with E-state index in [0.717, 1.165) is 36.1 Å². The second kappa shape index (κ2) is 8.73. The zero-order valence-corrected chi connectivity index (χ0v) is 17.0. The van der Waals surface area contributed by atoms with Gasteiger partial charge in [0.2, 0.25) is 0 Å². The number of amides is 1. The van der Waals surface area contributed by atoms with Crippen molar-refractivity contribution in [3.05, 3.63) is 46.1 Å². The first-order chi connectivity index (χ1) is 13.3. The second-order valence-electron chi connectivity index (χ2n) is 7.07. The summed E-state index contributed by atoms with van der Waals surface area (Å²) in [5.74, 6) is -0.755. The van der Waals surface area contributed by atoms with Crippen LogP contribution in [0.1, 0.15) is 54.4 Å². The number of halogens is 1. The van der Waals surface area contributed by atoms with Gasteiger partial charge in [-0.15, -0.1) is 11.3 Å². The first-order valence-corrected chi connectivity index (χ1v) is 10.3. The van der Waals surface area contributed by atoms with Crippen LogP contribution in [0, 0.1) is 5.82 Å². The van der Waals surface area contributed by atoms with E-state index >= 15 is 0 Å². The molecule has 0 aliphatic heterocycles. The molecule has 5 nitrogen and oxygen atoms in total. The van der Waals surface area contributed by atoms with Gasteiger partial charge in [0.05, 0.1) is 11.7 Å². The number of anilines is 1. The van der Waals surface area contributed by atoms with Crippen molar-refractivity contribution in [2.24, 2.45) is 0 Å². The van der Waals surface area contributed by atoms with Crippen molar-refractivity contribution >= 4 is 28.2 Å². The summed E-state index contributed by atoms with van der Waals surface area (Å²) >= 11 is 1.43. The smallest absolute Gasteiger partial charge is 0.341 e. The van der Waals surface area contributed by atoms with Crippen molar-refractivity contribution in [3.63, 3.8) is 0 Å². The fourth-order valence-corrected chi connectivity index (χ4v) is 4.41. The first-order valence-electron chi connectivity index (χ1n) is 9.43. The highest BCUT2D eigenvalue weighted by molar-refractivity contribution is 7.17. The van der Waals surface area contributed by atoms with E-state index < -0.39 is 12.1 Å². The number of thiophene rings is 1. The molecular weight excluding hydrogens is 381 g/mol. The molecule has 0 bridgehead atoms. The van der Waals surface area contributed by atoms with Crippen molar-refractivity contribution in [2.75, 3.05) is 5.32 Å². The van der Waals surface area contributed by atoms with Crippen LogP contribution in [-0.4, -0.2) is 24.1 Å². The van der Waals surface area contributed by atoms with Gasteiger partial charge < -0.3 is 14.8 Å². The Morgan fingerprint density at radius 3 is 2.46 bits per heavy atom. The molecule has 2 aromatic rings. The molecule has 0 fully saturated rings. The quantitative estimate of drug-likeness (QED) is 0.705. The second-order valence-corrected chi connectivity index (χ2v) is 8.18. The maximum absolute atomic E-state index is 13.0. The molecule has 0 saturated heterocycles. The summed E-state index contributed by atoms with van der Waals surface area (Å²) in [6.07, 6.45) is 2.76. The Balaban J connectivity index is 1.78.